The van der Waals surface area contributed by atoms with Crippen LogP contribution >= 0.6 is 11.8 Å². The highest BCUT2D eigenvalue weighted by Crippen LogP contribution is 2.28. The molecule has 0 saturated heterocycles. The first-order chi connectivity index (χ1) is 9.24. The van der Waals surface area contributed by atoms with Crippen LogP contribution in [-0.4, -0.2) is 17.6 Å². The van der Waals surface area contributed by atoms with Crippen LogP contribution in [0.5, 0.6) is 11.5 Å². The Bertz CT molecular complexity index is 581. The monoisotopic (exact) mass is 274 g/mol. The molecule has 3 nitrogen and oxygen atoms in total. The molecule has 0 unspecified atom stereocenters. The third-order valence-electron chi connectivity index (χ3n) is 2.68. The van der Waals surface area contributed by atoms with Crippen molar-refractivity contribution >= 4 is 18.0 Å². The van der Waals surface area contributed by atoms with Gasteiger partial charge in [0.2, 0.25) is 0 Å². The fourth-order valence-corrected chi connectivity index (χ4v) is 2.23. The van der Waals surface area contributed by atoms with E-state index in [1.54, 1.807) is 30.3 Å². The van der Waals surface area contributed by atoms with E-state index in [9.17, 15) is 9.90 Å². The number of phenols is 1. The molecule has 2 aromatic carbocycles. The third-order valence-corrected chi connectivity index (χ3v) is 3.45. The SMILES string of the molecule is CSc1cc(COc2ccccc2C=O)ccc1O. The highest BCUT2D eigenvalue weighted by molar-refractivity contribution is 7.98. The molecule has 0 atom stereocenters. The second kappa shape index (κ2) is 6.29. The number of phenolic OH excluding ortho intramolecular Hbond substituents is 1. The Labute approximate surface area is 116 Å². The molecule has 1 N–H and O–H groups in total. The van der Waals surface area contributed by atoms with Crippen molar-refractivity contribution < 1.29 is 14.6 Å². The minimum atomic E-state index is 0.268. The summed E-state index contributed by atoms with van der Waals surface area (Å²) in [4.78, 5) is 11.7. The number of aldehydes is 1. The summed E-state index contributed by atoms with van der Waals surface area (Å²) < 4.78 is 5.63. The first-order valence-electron chi connectivity index (χ1n) is 5.77. The number of aromatic hydroxyl groups is 1. The van der Waals surface area contributed by atoms with Crippen molar-refractivity contribution in [2.45, 2.75) is 11.5 Å². The molecule has 0 aliphatic heterocycles. The van der Waals surface area contributed by atoms with E-state index in [4.69, 9.17) is 4.74 Å². The highest BCUT2D eigenvalue weighted by atomic mass is 32.2. The molecule has 0 fully saturated rings. The number of benzene rings is 2. The maximum Gasteiger partial charge on any atom is 0.153 e. The lowest BCUT2D eigenvalue weighted by Crippen LogP contribution is -1.98. The van der Waals surface area contributed by atoms with Gasteiger partial charge in [0.05, 0.1) is 5.56 Å². The summed E-state index contributed by atoms with van der Waals surface area (Å²) in [6.07, 6.45) is 2.68. The molecule has 0 saturated carbocycles. The molecule has 19 heavy (non-hydrogen) atoms. The molecular formula is C15H14O3S. The smallest absolute Gasteiger partial charge is 0.153 e. The van der Waals surface area contributed by atoms with E-state index in [1.165, 1.54) is 11.8 Å². The van der Waals surface area contributed by atoms with Gasteiger partial charge < -0.3 is 9.84 Å². The molecule has 0 heterocycles. The van der Waals surface area contributed by atoms with Gasteiger partial charge in [-0.15, -0.1) is 11.8 Å². The van der Waals surface area contributed by atoms with Gasteiger partial charge in [0.15, 0.2) is 6.29 Å². The van der Waals surface area contributed by atoms with Crippen molar-refractivity contribution in [3.8, 4) is 11.5 Å². The minimum absolute atomic E-state index is 0.268. The molecule has 4 heteroatoms. The zero-order chi connectivity index (χ0) is 13.7. The molecule has 0 aliphatic rings. The topological polar surface area (TPSA) is 46.5 Å². The molecule has 0 bridgehead atoms. The fourth-order valence-electron chi connectivity index (χ4n) is 1.68. The molecule has 0 spiro atoms. The number of carbonyl (C=O) groups is 1. The number of thioether (sulfide) groups is 1. The molecule has 98 valence electrons. The number of carbonyl (C=O) groups excluding carboxylic acids is 1. The van der Waals surface area contributed by atoms with Crippen LogP contribution in [0.3, 0.4) is 0 Å². The summed E-state index contributed by atoms with van der Waals surface area (Å²) in [5.74, 6) is 0.834. The van der Waals surface area contributed by atoms with Gasteiger partial charge in [-0.05, 0) is 36.1 Å². The van der Waals surface area contributed by atoms with Crippen molar-refractivity contribution in [1.82, 2.24) is 0 Å². The molecule has 0 amide bonds. The second-order valence-corrected chi connectivity index (χ2v) is 4.80. The lowest BCUT2D eigenvalue weighted by molar-refractivity contribution is 0.111. The van der Waals surface area contributed by atoms with Crippen LogP contribution in [-0.2, 0) is 6.61 Å². The van der Waals surface area contributed by atoms with E-state index >= 15 is 0 Å². The van der Waals surface area contributed by atoms with Crippen LogP contribution in [0, 0.1) is 0 Å². The van der Waals surface area contributed by atoms with Gasteiger partial charge >= 0.3 is 0 Å². The summed E-state index contributed by atoms with van der Waals surface area (Å²) in [6.45, 7) is 0.360. The lowest BCUT2D eigenvalue weighted by atomic mass is 10.2. The molecular weight excluding hydrogens is 260 g/mol. The van der Waals surface area contributed by atoms with Gasteiger partial charge in [0.25, 0.3) is 0 Å². The van der Waals surface area contributed by atoms with Crippen molar-refractivity contribution in [2.75, 3.05) is 6.26 Å². The zero-order valence-electron chi connectivity index (χ0n) is 10.5. The van der Waals surface area contributed by atoms with Gasteiger partial charge in [-0.25, -0.2) is 0 Å². The summed E-state index contributed by atoms with van der Waals surface area (Å²) in [5.41, 5.74) is 1.48. The van der Waals surface area contributed by atoms with E-state index in [0.717, 1.165) is 16.7 Å². The molecule has 2 aromatic rings. The normalized spacial score (nSPS) is 10.2. The van der Waals surface area contributed by atoms with Crippen molar-refractivity contribution in [3.05, 3.63) is 53.6 Å². The summed E-state index contributed by atoms with van der Waals surface area (Å²) in [6, 6.07) is 12.4. The quantitative estimate of drug-likeness (QED) is 0.669. The van der Waals surface area contributed by atoms with Gasteiger partial charge in [-0.1, -0.05) is 18.2 Å². The second-order valence-electron chi connectivity index (χ2n) is 3.95. The van der Waals surface area contributed by atoms with E-state index < -0.39 is 0 Å². The Morgan fingerprint density at radius 1 is 1.26 bits per heavy atom. The van der Waals surface area contributed by atoms with Crippen molar-refractivity contribution in [3.63, 3.8) is 0 Å². The van der Waals surface area contributed by atoms with Gasteiger partial charge in [-0.2, -0.15) is 0 Å². The van der Waals surface area contributed by atoms with Gasteiger partial charge in [0.1, 0.15) is 18.1 Å². The standard InChI is InChI=1S/C15H14O3S/c1-19-15-8-11(6-7-13(15)17)10-18-14-5-3-2-4-12(14)9-16/h2-9,17H,10H2,1H3. The van der Waals surface area contributed by atoms with Crippen LogP contribution in [0.15, 0.2) is 47.4 Å². The van der Waals surface area contributed by atoms with Crippen molar-refractivity contribution in [1.29, 1.82) is 0 Å². The number of rotatable bonds is 5. The van der Waals surface area contributed by atoms with Crippen LogP contribution in [0.1, 0.15) is 15.9 Å². The van der Waals surface area contributed by atoms with Crippen molar-refractivity contribution in [2.24, 2.45) is 0 Å². The molecule has 0 aromatic heterocycles. The Balaban J connectivity index is 2.12. The van der Waals surface area contributed by atoms with E-state index in [2.05, 4.69) is 0 Å². The van der Waals surface area contributed by atoms with Crippen LogP contribution in [0.2, 0.25) is 0 Å². The van der Waals surface area contributed by atoms with Gasteiger partial charge in [-0.3, -0.25) is 4.79 Å². The number of hydrogen-bond donors (Lipinski definition) is 1. The first kappa shape index (κ1) is 13.5. The average molecular weight is 274 g/mol. The minimum Gasteiger partial charge on any atom is -0.507 e. The summed E-state index contributed by atoms with van der Waals surface area (Å²) in [7, 11) is 0. The number of para-hydroxylation sites is 1. The maximum atomic E-state index is 10.9. The molecule has 0 aliphatic carbocycles. The van der Waals surface area contributed by atoms with E-state index in [1.807, 2.05) is 18.4 Å². The molecule has 0 radical (unpaired) electrons. The Hall–Kier alpha value is -1.94. The number of hydrogen-bond acceptors (Lipinski definition) is 4. The summed E-state index contributed by atoms with van der Waals surface area (Å²) in [5, 5.41) is 9.59. The van der Waals surface area contributed by atoms with Crippen LogP contribution in [0.4, 0.5) is 0 Å². The average Bonchev–Trinajstić information content (AvgIpc) is 2.46. The predicted octanol–water partition coefficient (Wildman–Crippen LogP) is 3.51. The molecule has 2 rings (SSSR count). The van der Waals surface area contributed by atoms with Gasteiger partial charge in [0, 0.05) is 4.90 Å². The first-order valence-corrected chi connectivity index (χ1v) is 7.00. The predicted molar refractivity (Wildman–Crippen MR) is 76.0 cm³/mol. The Morgan fingerprint density at radius 2 is 2.05 bits per heavy atom. The Morgan fingerprint density at radius 3 is 2.79 bits per heavy atom. The maximum absolute atomic E-state index is 10.9. The zero-order valence-corrected chi connectivity index (χ0v) is 11.3. The fraction of sp³-hybridized carbons (Fsp3) is 0.133. The highest BCUT2D eigenvalue weighted by Gasteiger charge is 2.04. The largest absolute Gasteiger partial charge is 0.507 e. The van der Waals surface area contributed by atoms with E-state index in [-0.39, 0.29) is 5.75 Å². The third kappa shape index (κ3) is 3.29. The lowest BCUT2D eigenvalue weighted by Gasteiger charge is -2.09. The summed E-state index contributed by atoms with van der Waals surface area (Å²) >= 11 is 1.48. The van der Waals surface area contributed by atoms with Crippen LogP contribution < -0.4 is 4.74 Å². The Kier molecular flexibility index (Phi) is 4.47. The number of ether oxygens (including phenoxy) is 1. The van der Waals surface area contributed by atoms with E-state index in [0.29, 0.717) is 17.9 Å². The van der Waals surface area contributed by atoms with Crippen LogP contribution in [0.25, 0.3) is 0 Å².